The zero-order chi connectivity index (χ0) is 8.69. The predicted molar refractivity (Wildman–Crippen MR) is 43.5 cm³/mol. The first-order valence-corrected chi connectivity index (χ1v) is 3.18. The Morgan fingerprint density at radius 3 is 2.64 bits per heavy atom. The first-order chi connectivity index (χ1) is 5.20. The summed E-state index contributed by atoms with van der Waals surface area (Å²) in [6, 6.07) is 0. The van der Waals surface area contributed by atoms with Crippen molar-refractivity contribution >= 4 is 5.97 Å². The number of esters is 1. The van der Waals surface area contributed by atoms with Gasteiger partial charge in [-0.15, -0.1) is 6.42 Å². The Morgan fingerprint density at radius 2 is 2.27 bits per heavy atom. The molecule has 11 heavy (non-hydrogen) atoms. The molecule has 0 heterocycles. The van der Waals surface area contributed by atoms with E-state index < -0.39 is 0 Å². The van der Waals surface area contributed by atoms with Gasteiger partial charge in [0.2, 0.25) is 0 Å². The van der Waals surface area contributed by atoms with Gasteiger partial charge in [-0.2, -0.15) is 0 Å². The standard InChI is InChI=1S/C9H10O2/c1-4-6-9(7-5-2)11-8(3)10/h1,5-7H,2-3H3/b7-5-,9-6+. The Bertz CT molecular complexity index is 228. The second kappa shape index (κ2) is 5.31. The average molecular weight is 150 g/mol. The summed E-state index contributed by atoms with van der Waals surface area (Å²) in [6.07, 6.45) is 9.74. The topological polar surface area (TPSA) is 26.3 Å². The third-order valence-corrected chi connectivity index (χ3v) is 0.818. The SMILES string of the molecule is C#C/C=C(\C=C/C)OC(C)=O. The van der Waals surface area contributed by atoms with Crippen molar-refractivity contribution in [2.75, 3.05) is 0 Å². The highest BCUT2D eigenvalue weighted by Crippen LogP contribution is 1.98. The van der Waals surface area contributed by atoms with Crippen LogP contribution in [0.25, 0.3) is 0 Å². The van der Waals surface area contributed by atoms with Crippen LogP contribution in [0.5, 0.6) is 0 Å². The minimum atomic E-state index is -0.371. The Morgan fingerprint density at radius 1 is 1.64 bits per heavy atom. The van der Waals surface area contributed by atoms with Crippen LogP contribution in [-0.4, -0.2) is 5.97 Å². The molecule has 0 aliphatic rings. The number of hydrogen-bond donors (Lipinski definition) is 0. The van der Waals surface area contributed by atoms with E-state index in [1.165, 1.54) is 13.0 Å². The van der Waals surface area contributed by atoms with Gasteiger partial charge in [0.05, 0.1) is 0 Å². The van der Waals surface area contributed by atoms with Crippen molar-refractivity contribution in [2.24, 2.45) is 0 Å². The van der Waals surface area contributed by atoms with Gasteiger partial charge in [-0.25, -0.2) is 0 Å². The summed E-state index contributed by atoms with van der Waals surface area (Å²) >= 11 is 0. The third kappa shape index (κ3) is 4.98. The van der Waals surface area contributed by atoms with Crippen LogP contribution >= 0.6 is 0 Å². The maximum Gasteiger partial charge on any atom is 0.308 e. The quantitative estimate of drug-likeness (QED) is 0.259. The van der Waals surface area contributed by atoms with E-state index in [9.17, 15) is 4.79 Å². The van der Waals surface area contributed by atoms with Gasteiger partial charge in [0.1, 0.15) is 5.76 Å². The maximum absolute atomic E-state index is 10.4. The molecule has 0 saturated heterocycles. The van der Waals surface area contributed by atoms with Crippen LogP contribution in [0.15, 0.2) is 24.0 Å². The summed E-state index contributed by atoms with van der Waals surface area (Å²) < 4.78 is 4.72. The fraction of sp³-hybridized carbons (Fsp3) is 0.222. The number of terminal acetylenes is 1. The summed E-state index contributed by atoms with van der Waals surface area (Å²) in [5.41, 5.74) is 0. The molecule has 0 aliphatic heterocycles. The summed E-state index contributed by atoms with van der Waals surface area (Å²) in [7, 11) is 0. The van der Waals surface area contributed by atoms with E-state index in [0.29, 0.717) is 5.76 Å². The minimum Gasteiger partial charge on any atom is -0.426 e. The Hall–Kier alpha value is -1.49. The number of hydrogen-bond acceptors (Lipinski definition) is 2. The van der Waals surface area contributed by atoms with Crippen LogP contribution in [-0.2, 0) is 9.53 Å². The van der Waals surface area contributed by atoms with Crippen molar-refractivity contribution in [1.82, 2.24) is 0 Å². The predicted octanol–water partition coefficient (Wildman–Crippen LogP) is 1.64. The molecule has 0 aromatic heterocycles. The molecule has 0 bridgehead atoms. The summed E-state index contributed by atoms with van der Waals surface area (Å²) in [6.45, 7) is 3.14. The Balaban J connectivity index is 4.26. The number of rotatable bonds is 2. The number of carbonyl (C=O) groups is 1. The van der Waals surface area contributed by atoms with E-state index in [1.807, 2.05) is 6.92 Å². The zero-order valence-corrected chi connectivity index (χ0v) is 6.63. The lowest BCUT2D eigenvalue weighted by Crippen LogP contribution is -1.96. The molecule has 0 atom stereocenters. The average Bonchev–Trinajstić information content (AvgIpc) is 1.87. The fourth-order valence-electron chi connectivity index (χ4n) is 0.524. The molecule has 0 amide bonds. The second-order valence-corrected chi connectivity index (χ2v) is 1.81. The van der Waals surface area contributed by atoms with Gasteiger partial charge in [0, 0.05) is 13.0 Å². The van der Waals surface area contributed by atoms with E-state index in [-0.39, 0.29) is 5.97 Å². The number of carbonyl (C=O) groups excluding carboxylic acids is 1. The molecule has 0 unspecified atom stereocenters. The van der Waals surface area contributed by atoms with E-state index in [4.69, 9.17) is 11.2 Å². The molecule has 0 N–H and O–H groups in total. The smallest absolute Gasteiger partial charge is 0.308 e. The van der Waals surface area contributed by atoms with E-state index in [0.717, 1.165) is 0 Å². The Kier molecular flexibility index (Phi) is 4.59. The molecule has 0 aromatic carbocycles. The molecule has 0 spiro atoms. The lowest BCUT2D eigenvalue weighted by molar-refractivity contribution is -0.136. The first kappa shape index (κ1) is 9.51. The normalized spacial score (nSPS) is 11.2. The van der Waals surface area contributed by atoms with Crippen molar-refractivity contribution < 1.29 is 9.53 Å². The minimum absolute atomic E-state index is 0.371. The fourth-order valence-corrected chi connectivity index (χ4v) is 0.524. The van der Waals surface area contributed by atoms with Crippen LogP contribution in [0.4, 0.5) is 0 Å². The first-order valence-electron chi connectivity index (χ1n) is 3.18. The summed E-state index contributed by atoms with van der Waals surface area (Å²) in [5, 5.41) is 0. The van der Waals surface area contributed by atoms with Crippen molar-refractivity contribution in [1.29, 1.82) is 0 Å². The zero-order valence-electron chi connectivity index (χ0n) is 6.63. The van der Waals surface area contributed by atoms with Crippen LogP contribution < -0.4 is 0 Å². The maximum atomic E-state index is 10.4. The second-order valence-electron chi connectivity index (χ2n) is 1.81. The van der Waals surface area contributed by atoms with E-state index >= 15 is 0 Å². The van der Waals surface area contributed by atoms with Crippen LogP contribution in [0.3, 0.4) is 0 Å². The molecule has 58 valence electrons. The number of allylic oxidation sites excluding steroid dienone is 3. The summed E-state index contributed by atoms with van der Waals surface area (Å²) in [5.74, 6) is 2.29. The van der Waals surface area contributed by atoms with Crippen LogP contribution in [0, 0.1) is 12.3 Å². The molecular weight excluding hydrogens is 140 g/mol. The molecule has 0 rings (SSSR count). The van der Waals surface area contributed by atoms with Crippen molar-refractivity contribution in [3.05, 3.63) is 24.0 Å². The van der Waals surface area contributed by atoms with Gasteiger partial charge >= 0.3 is 5.97 Å². The van der Waals surface area contributed by atoms with Crippen molar-refractivity contribution in [2.45, 2.75) is 13.8 Å². The molecule has 0 aromatic rings. The Labute approximate surface area is 66.6 Å². The van der Waals surface area contributed by atoms with E-state index in [2.05, 4.69) is 5.92 Å². The number of ether oxygens (including phenoxy) is 1. The molecule has 2 heteroatoms. The molecule has 0 aliphatic carbocycles. The molecule has 0 fully saturated rings. The monoisotopic (exact) mass is 150 g/mol. The van der Waals surface area contributed by atoms with E-state index in [1.54, 1.807) is 12.2 Å². The van der Waals surface area contributed by atoms with Crippen LogP contribution in [0.2, 0.25) is 0 Å². The lowest BCUT2D eigenvalue weighted by Gasteiger charge is -1.97. The third-order valence-electron chi connectivity index (χ3n) is 0.818. The molecule has 2 nitrogen and oxygen atoms in total. The summed E-state index contributed by atoms with van der Waals surface area (Å²) in [4.78, 5) is 10.4. The van der Waals surface area contributed by atoms with Crippen molar-refractivity contribution in [3.8, 4) is 12.3 Å². The van der Waals surface area contributed by atoms with Gasteiger partial charge in [-0.1, -0.05) is 12.0 Å². The molecule has 0 radical (unpaired) electrons. The van der Waals surface area contributed by atoms with Gasteiger partial charge in [-0.05, 0) is 13.0 Å². The van der Waals surface area contributed by atoms with Gasteiger partial charge in [0.15, 0.2) is 0 Å². The van der Waals surface area contributed by atoms with Gasteiger partial charge < -0.3 is 4.74 Å². The highest BCUT2D eigenvalue weighted by Gasteiger charge is 1.94. The molecular formula is C9H10O2. The van der Waals surface area contributed by atoms with Gasteiger partial charge in [-0.3, -0.25) is 4.79 Å². The van der Waals surface area contributed by atoms with Gasteiger partial charge in [0.25, 0.3) is 0 Å². The largest absolute Gasteiger partial charge is 0.426 e. The highest BCUT2D eigenvalue weighted by molar-refractivity contribution is 5.67. The highest BCUT2D eigenvalue weighted by atomic mass is 16.5. The lowest BCUT2D eigenvalue weighted by atomic mass is 10.4. The van der Waals surface area contributed by atoms with Crippen molar-refractivity contribution in [3.63, 3.8) is 0 Å². The van der Waals surface area contributed by atoms with Crippen LogP contribution in [0.1, 0.15) is 13.8 Å². The molecule has 0 saturated carbocycles.